The fourth-order valence-electron chi connectivity index (χ4n) is 1.47. The number of rotatable bonds is 4. The molecule has 0 fully saturated rings. The molecule has 2 rings (SSSR count). The zero-order valence-corrected chi connectivity index (χ0v) is 10.3. The van der Waals surface area contributed by atoms with Gasteiger partial charge in [0.15, 0.2) is 11.6 Å². The minimum atomic E-state index is -0.788. The summed E-state index contributed by atoms with van der Waals surface area (Å²) in [4.78, 5) is 15.2. The number of carbonyl (C=O) groups excluding carboxylic acids is 1. The maximum Gasteiger partial charge on any atom is 0.266 e. The number of nitrogens with two attached hydrogens (primary N) is 1. The van der Waals surface area contributed by atoms with Gasteiger partial charge in [0.2, 0.25) is 0 Å². The summed E-state index contributed by atoms with van der Waals surface area (Å²) < 4.78 is 31.2. The molecule has 0 aliphatic rings. The monoisotopic (exact) mass is 279 g/mol. The van der Waals surface area contributed by atoms with Crippen molar-refractivity contribution in [3.63, 3.8) is 0 Å². The van der Waals surface area contributed by atoms with E-state index in [0.717, 1.165) is 12.1 Å². The molecule has 0 atom stereocenters. The van der Waals surface area contributed by atoms with Crippen LogP contribution < -0.4 is 16.0 Å². The Labute approximate surface area is 113 Å². The SMILES string of the molecule is NNC(=O)c1ccc(COc2ccc(F)cc2F)nc1. The number of nitrogens with zero attached hydrogens (tertiary/aromatic N) is 1. The maximum absolute atomic E-state index is 13.3. The first-order chi connectivity index (χ1) is 9.60. The van der Waals surface area contributed by atoms with Crippen LogP contribution in [0.5, 0.6) is 5.75 Å². The van der Waals surface area contributed by atoms with E-state index in [1.165, 1.54) is 18.3 Å². The van der Waals surface area contributed by atoms with Crippen LogP contribution in [0.15, 0.2) is 36.5 Å². The molecule has 1 aromatic carbocycles. The van der Waals surface area contributed by atoms with Crippen molar-refractivity contribution in [1.82, 2.24) is 10.4 Å². The fourth-order valence-corrected chi connectivity index (χ4v) is 1.47. The van der Waals surface area contributed by atoms with Crippen LogP contribution in [-0.2, 0) is 6.61 Å². The van der Waals surface area contributed by atoms with E-state index in [0.29, 0.717) is 11.3 Å². The predicted octanol–water partition coefficient (Wildman–Crippen LogP) is 1.54. The Morgan fingerprint density at radius 3 is 2.70 bits per heavy atom. The van der Waals surface area contributed by atoms with Crippen molar-refractivity contribution in [2.45, 2.75) is 6.61 Å². The summed E-state index contributed by atoms with van der Waals surface area (Å²) in [6.45, 7) is -0.00687. The van der Waals surface area contributed by atoms with Gasteiger partial charge in [0.05, 0.1) is 11.3 Å². The van der Waals surface area contributed by atoms with Gasteiger partial charge in [-0.1, -0.05) is 0 Å². The van der Waals surface area contributed by atoms with E-state index in [4.69, 9.17) is 10.6 Å². The highest BCUT2D eigenvalue weighted by Crippen LogP contribution is 2.18. The van der Waals surface area contributed by atoms with Gasteiger partial charge in [0.1, 0.15) is 12.4 Å². The predicted molar refractivity (Wildman–Crippen MR) is 66.6 cm³/mol. The molecule has 0 saturated heterocycles. The molecule has 0 unspecified atom stereocenters. The third-order valence-electron chi connectivity index (χ3n) is 2.49. The molecule has 0 saturated carbocycles. The zero-order chi connectivity index (χ0) is 14.5. The highest BCUT2D eigenvalue weighted by molar-refractivity contribution is 5.93. The molecule has 0 bridgehead atoms. The molecule has 2 aromatic rings. The second kappa shape index (κ2) is 6.07. The van der Waals surface area contributed by atoms with Gasteiger partial charge in [-0.3, -0.25) is 15.2 Å². The van der Waals surface area contributed by atoms with Crippen LogP contribution >= 0.6 is 0 Å². The van der Waals surface area contributed by atoms with Crippen LogP contribution in [0.1, 0.15) is 16.1 Å². The lowest BCUT2D eigenvalue weighted by Gasteiger charge is -2.07. The molecule has 1 heterocycles. The van der Waals surface area contributed by atoms with Gasteiger partial charge < -0.3 is 4.74 Å². The highest BCUT2D eigenvalue weighted by atomic mass is 19.1. The second-order valence-electron chi connectivity index (χ2n) is 3.88. The van der Waals surface area contributed by atoms with Crippen LogP contribution in [0.4, 0.5) is 8.78 Å². The molecule has 3 N–H and O–H groups in total. The van der Waals surface area contributed by atoms with E-state index in [2.05, 4.69) is 4.98 Å². The molecule has 0 spiro atoms. The van der Waals surface area contributed by atoms with Crippen LogP contribution in [-0.4, -0.2) is 10.9 Å². The van der Waals surface area contributed by atoms with Crippen molar-refractivity contribution in [2.24, 2.45) is 5.84 Å². The molecule has 0 aliphatic carbocycles. The number of hydrogen-bond donors (Lipinski definition) is 2. The van der Waals surface area contributed by atoms with Crippen LogP contribution in [0.25, 0.3) is 0 Å². The summed E-state index contributed by atoms with van der Waals surface area (Å²) in [6, 6.07) is 6.08. The van der Waals surface area contributed by atoms with Gasteiger partial charge in [0.25, 0.3) is 5.91 Å². The third kappa shape index (κ3) is 3.27. The summed E-state index contributed by atoms with van der Waals surface area (Å²) >= 11 is 0. The van der Waals surface area contributed by atoms with E-state index in [-0.39, 0.29) is 12.4 Å². The normalized spacial score (nSPS) is 10.2. The van der Waals surface area contributed by atoms with Crippen LogP contribution in [0, 0.1) is 11.6 Å². The Hall–Kier alpha value is -2.54. The number of hydrogen-bond acceptors (Lipinski definition) is 4. The van der Waals surface area contributed by atoms with E-state index >= 15 is 0 Å². The maximum atomic E-state index is 13.3. The Kier molecular flexibility index (Phi) is 4.21. The first-order valence-electron chi connectivity index (χ1n) is 5.64. The molecule has 104 valence electrons. The molecule has 5 nitrogen and oxygen atoms in total. The van der Waals surface area contributed by atoms with Crippen LogP contribution in [0.3, 0.4) is 0 Å². The third-order valence-corrected chi connectivity index (χ3v) is 2.49. The van der Waals surface area contributed by atoms with E-state index in [1.54, 1.807) is 6.07 Å². The lowest BCUT2D eigenvalue weighted by atomic mass is 10.2. The van der Waals surface area contributed by atoms with E-state index in [1.807, 2.05) is 5.43 Å². The zero-order valence-electron chi connectivity index (χ0n) is 10.3. The summed E-state index contributed by atoms with van der Waals surface area (Å²) in [5, 5.41) is 0. The van der Waals surface area contributed by atoms with Gasteiger partial charge in [-0.15, -0.1) is 0 Å². The molecule has 7 heteroatoms. The topological polar surface area (TPSA) is 77.2 Å². The number of pyridine rings is 1. The number of carbonyl (C=O) groups is 1. The summed E-state index contributed by atoms with van der Waals surface area (Å²) in [5.74, 6) is 2.98. The summed E-state index contributed by atoms with van der Waals surface area (Å²) in [5.41, 5.74) is 2.76. The van der Waals surface area contributed by atoms with E-state index < -0.39 is 17.5 Å². The Bertz CT molecular complexity index is 618. The molecule has 20 heavy (non-hydrogen) atoms. The number of aromatic nitrogens is 1. The van der Waals surface area contributed by atoms with Crippen molar-refractivity contribution in [3.8, 4) is 5.75 Å². The van der Waals surface area contributed by atoms with Crippen molar-refractivity contribution in [1.29, 1.82) is 0 Å². The van der Waals surface area contributed by atoms with Crippen molar-refractivity contribution >= 4 is 5.91 Å². The number of ether oxygens (including phenoxy) is 1. The second-order valence-corrected chi connectivity index (χ2v) is 3.88. The van der Waals surface area contributed by atoms with Gasteiger partial charge in [-0.25, -0.2) is 14.6 Å². The molecular formula is C13H11F2N3O2. The van der Waals surface area contributed by atoms with Gasteiger partial charge in [-0.2, -0.15) is 0 Å². The summed E-state index contributed by atoms with van der Waals surface area (Å²) in [6.07, 6.45) is 1.32. The lowest BCUT2D eigenvalue weighted by molar-refractivity contribution is 0.0953. The fraction of sp³-hybridized carbons (Fsp3) is 0.0769. The molecule has 0 radical (unpaired) electrons. The smallest absolute Gasteiger partial charge is 0.266 e. The number of nitrogen functional groups attached to an aromatic ring is 1. The molecule has 1 amide bonds. The quantitative estimate of drug-likeness (QED) is 0.505. The standard InChI is InChI=1S/C13H11F2N3O2/c14-9-2-4-12(11(15)5-9)20-7-10-3-1-8(6-17-10)13(19)18-16/h1-6H,7,16H2,(H,18,19). The average Bonchev–Trinajstić information content (AvgIpc) is 2.46. The lowest BCUT2D eigenvalue weighted by Crippen LogP contribution is -2.30. The van der Waals surface area contributed by atoms with Crippen LogP contribution in [0.2, 0.25) is 0 Å². The van der Waals surface area contributed by atoms with Gasteiger partial charge in [-0.05, 0) is 24.3 Å². The van der Waals surface area contributed by atoms with Crippen molar-refractivity contribution in [3.05, 3.63) is 59.4 Å². The number of benzene rings is 1. The molecule has 1 aromatic heterocycles. The first kappa shape index (κ1) is 13.9. The van der Waals surface area contributed by atoms with Crippen molar-refractivity contribution < 1.29 is 18.3 Å². The first-order valence-corrected chi connectivity index (χ1v) is 5.64. The summed E-state index contributed by atoms with van der Waals surface area (Å²) in [7, 11) is 0. The number of nitrogens with one attached hydrogen (secondary N) is 1. The highest BCUT2D eigenvalue weighted by Gasteiger charge is 2.07. The number of amides is 1. The van der Waals surface area contributed by atoms with E-state index in [9.17, 15) is 13.6 Å². The Morgan fingerprint density at radius 2 is 2.10 bits per heavy atom. The largest absolute Gasteiger partial charge is 0.484 e. The van der Waals surface area contributed by atoms with Gasteiger partial charge >= 0.3 is 0 Å². The number of halogens is 2. The van der Waals surface area contributed by atoms with Gasteiger partial charge in [0, 0.05) is 12.3 Å². The molecule has 0 aliphatic heterocycles. The Balaban J connectivity index is 2.02. The number of hydrazine groups is 1. The average molecular weight is 279 g/mol. The van der Waals surface area contributed by atoms with Crippen molar-refractivity contribution in [2.75, 3.05) is 0 Å². The Morgan fingerprint density at radius 1 is 1.30 bits per heavy atom. The molecular weight excluding hydrogens is 268 g/mol. The minimum Gasteiger partial charge on any atom is -0.484 e. The minimum absolute atomic E-state index is 0.00687.